The van der Waals surface area contributed by atoms with Crippen molar-refractivity contribution < 1.29 is 0 Å². The van der Waals surface area contributed by atoms with E-state index < -0.39 is 0 Å². The van der Waals surface area contributed by atoms with Crippen LogP contribution in [0.5, 0.6) is 0 Å². The Morgan fingerprint density at radius 1 is 1.12 bits per heavy atom. The molecule has 2 aromatic rings. The van der Waals surface area contributed by atoms with Gasteiger partial charge in [-0.15, -0.1) is 0 Å². The predicted octanol–water partition coefficient (Wildman–Crippen LogP) is 1.96. The molecule has 17 heavy (non-hydrogen) atoms. The van der Waals surface area contributed by atoms with Crippen molar-refractivity contribution in [1.29, 1.82) is 0 Å². The van der Waals surface area contributed by atoms with Crippen LogP contribution in [0.25, 0.3) is 10.8 Å². The first-order valence-electron chi connectivity index (χ1n) is 6.27. The summed E-state index contributed by atoms with van der Waals surface area (Å²) in [5.41, 5.74) is 1.39. The average Bonchev–Trinajstić information content (AvgIpc) is 2.40. The molecule has 1 heterocycles. The molecule has 2 aromatic carbocycles. The third-order valence-electron chi connectivity index (χ3n) is 3.34. The Balaban J connectivity index is 1.80. The summed E-state index contributed by atoms with van der Waals surface area (Å²) in [7, 11) is 0. The number of fused-ring (bicyclic) bond motifs is 1. The summed E-state index contributed by atoms with van der Waals surface area (Å²) in [5.74, 6) is 0. The molecule has 0 amide bonds. The third-order valence-corrected chi connectivity index (χ3v) is 3.34. The summed E-state index contributed by atoms with van der Waals surface area (Å²) < 4.78 is 0. The second-order valence-electron chi connectivity index (χ2n) is 4.65. The van der Waals surface area contributed by atoms with Gasteiger partial charge in [-0.25, -0.2) is 5.32 Å². The third kappa shape index (κ3) is 2.48. The molecule has 1 saturated heterocycles. The number of nitrogens with one attached hydrogen (secondary N) is 1. The molecule has 1 fully saturated rings. The van der Waals surface area contributed by atoms with Crippen LogP contribution in [0.2, 0.25) is 0 Å². The minimum absolute atomic E-state index is 0.449. The summed E-state index contributed by atoms with van der Waals surface area (Å²) in [6.45, 7) is 3.01. The molecular formula is C15H17N2. The maximum atomic E-state index is 4.64. The minimum atomic E-state index is 0.449. The quantitative estimate of drug-likeness (QED) is 0.830. The van der Waals surface area contributed by atoms with Crippen LogP contribution in [0, 0.1) is 0 Å². The van der Waals surface area contributed by atoms with Gasteiger partial charge in [-0.3, -0.25) is 0 Å². The maximum Gasteiger partial charge on any atom is 0.0411 e. The average molecular weight is 225 g/mol. The summed E-state index contributed by atoms with van der Waals surface area (Å²) >= 11 is 0. The Morgan fingerprint density at radius 2 is 2.00 bits per heavy atom. The van der Waals surface area contributed by atoms with Crippen LogP contribution in [-0.2, 0) is 6.42 Å². The van der Waals surface area contributed by atoms with Gasteiger partial charge in [0.15, 0.2) is 0 Å². The molecule has 1 aliphatic heterocycles. The fourth-order valence-electron chi connectivity index (χ4n) is 2.43. The van der Waals surface area contributed by atoms with Crippen LogP contribution in [0.4, 0.5) is 0 Å². The SMILES string of the molecule is c1ccc2cc(CC3CNCC[N]3)ccc2c1. The fourth-order valence-corrected chi connectivity index (χ4v) is 2.43. The van der Waals surface area contributed by atoms with Gasteiger partial charge in [0.2, 0.25) is 0 Å². The zero-order valence-electron chi connectivity index (χ0n) is 9.89. The highest BCUT2D eigenvalue weighted by Gasteiger charge is 2.13. The zero-order valence-corrected chi connectivity index (χ0v) is 9.89. The highest BCUT2D eigenvalue weighted by Crippen LogP contribution is 2.16. The van der Waals surface area contributed by atoms with Gasteiger partial charge in [-0.2, -0.15) is 0 Å². The summed E-state index contributed by atoms with van der Waals surface area (Å²) in [6, 6.07) is 15.7. The summed E-state index contributed by atoms with van der Waals surface area (Å²) in [4.78, 5) is 0. The number of rotatable bonds is 2. The monoisotopic (exact) mass is 225 g/mol. The van der Waals surface area contributed by atoms with Gasteiger partial charge in [0, 0.05) is 25.7 Å². The number of nitrogens with zero attached hydrogens (tertiary/aromatic N) is 1. The van der Waals surface area contributed by atoms with E-state index in [0.717, 1.165) is 26.1 Å². The number of hydrogen-bond acceptors (Lipinski definition) is 1. The molecule has 0 aliphatic carbocycles. The van der Waals surface area contributed by atoms with Crippen molar-refractivity contribution in [3.8, 4) is 0 Å². The Kier molecular flexibility index (Phi) is 3.08. The second kappa shape index (κ2) is 4.86. The molecule has 2 nitrogen and oxygen atoms in total. The van der Waals surface area contributed by atoms with Gasteiger partial charge >= 0.3 is 0 Å². The summed E-state index contributed by atoms with van der Waals surface area (Å²) in [6.07, 6.45) is 1.05. The molecule has 1 aliphatic rings. The molecule has 87 valence electrons. The van der Waals surface area contributed by atoms with Gasteiger partial charge in [0.1, 0.15) is 0 Å². The van der Waals surface area contributed by atoms with E-state index in [1.165, 1.54) is 16.3 Å². The van der Waals surface area contributed by atoms with Crippen LogP contribution >= 0.6 is 0 Å². The van der Waals surface area contributed by atoms with Crippen molar-refractivity contribution >= 4 is 10.8 Å². The van der Waals surface area contributed by atoms with E-state index >= 15 is 0 Å². The first-order chi connectivity index (χ1) is 8.42. The molecule has 0 saturated carbocycles. The molecule has 0 spiro atoms. The Bertz CT molecular complexity index is 501. The van der Waals surface area contributed by atoms with E-state index in [9.17, 15) is 0 Å². The lowest BCUT2D eigenvalue weighted by molar-refractivity contribution is 0.408. The second-order valence-corrected chi connectivity index (χ2v) is 4.65. The van der Waals surface area contributed by atoms with Crippen LogP contribution in [0.3, 0.4) is 0 Å². The van der Waals surface area contributed by atoms with Crippen molar-refractivity contribution in [3.05, 3.63) is 48.0 Å². The smallest absolute Gasteiger partial charge is 0.0411 e. The van der Waals surface area contributed by atoms with Crippen LogP contribution < -0.4 is 10.6 Å². The Hall–Kier alpha value is -1.38. The lowest BCUT2D eigenvalue weighted by atomic mass is 10.0. The maximum absolute atomic E-state index is 4.64. The van der Waals surface area contributed by atoms with Crippen molar-refractivity contribution in [2.24, 2.45) is 0 Å². The molecular weight excluding hydrogens is 208 g/mol. The van der Waals surface area contributed by atoms with Crippen molar-refractivity contribution in [2.75, 3.05) is 19.6 Å². The van der Waals surface area contributed by atoms with E-state index in [-0.39, 0.29) is 0 Å². The van der Waals surface area contributed by atoms with Crippen LogP contribution in [-0.4, -0.2) is 25.7 Å². The highest BCUT2D eigenvalue weighted by molar-refractivity contribution is 5.82. The van der Waals surface area contributed by atoms with Crippen molar-refractivity contribution in [3.63, 3.8) is 0 Å². The van der Waals surface area contributed by atoms with Gasteiger partial charge in [0.25, 0.3) is 0 Å². The molecule has 2 heteroatoms. The lowest BCUT2D eigenvalue weighted by Gasteiger charge is -2.22. The number of piperazine rings is 1. The van der Waals surface area contributed by atoms with E-state index in [2.05, 4.69) is 53.1 Å². The minimum Gasteiger partial charge on any atom is -0.314 e. The molecule has 3 rings (SSSR count). The van der Waals surface area contributed by atoms with Gasteiger partial charge in [-0.1, -0.05) is 42.5 Å². The summed E-state index contributed by atoms with van der Waals surface area (Å²) in [5, 5.41) is 10.7. The van der Waals surface area contributed by atoms with Crippen LogP contribution in [0.15, 0.2) is 42.5 Å². The van der Waals surface area contributed by atoms with E-state index in [0.29, 0.717) is 6.04 Å². The standard InChI is InChI=1S/C15H17N2/c1-2-4-14-9-12(5-6-13(14)3-1)10-15-11-16-7-8-17-15/h1-6,9,15-16H,7-8,10-11H2. The molecule has 1 atom stereocenters. The number of benzene rings is 2. The van der Waals surface area contributed by atoms with Gasteiger partial charge in [0.05, 0.1) is 0 Å². The molecule has 0 aromatic heterocycles. The van der Waals surface area contributed by atoms with Gasteiger partial charge < -0.3 is 5.32 Å². The molecule has 1 N–H and O–H groups in total. The predicted molar refractivity (Wildman–Crippen MR) is 71.3 cm³/mol. The largest absolute Gasteiger partial charge is 0.314 e. The highest BCUT2D eigenvalue weighted by atomic mass is 15.0. The molecule has 0 bridgehead atoms. The van der Waals surface area contributed by atoms with Crippen LogP contribution in [0.1, 0.15) is 5.56 Å². The molecule has 1 unspecified atom stereocenters. The number of hydrogen-bond donors (Lipinski definition) is 1. The zero-order chi connectivity index (χ0) is 11.5. The first kappa shape index (κ1) is 10.8. The van der Waals surface area contributed by atoms with E-state index in [1.54, 1.807) is 0 Å². The van der Waals surface area contributed by atoms with Crippen molar-refractivity contribution in [1.82, 2.24) is 10.6 Å². The van der Waals surface area contributed by atoms with E-state index in [4.69, 9.17) is 0 Å². The fraction of sp³-hybridized carbons (Fsp3) is 0.333. The normalized spacial score (nSPS) is 20.6. The Morgan fingerprint density at radius 3 is 2.82 bits per heavy atom. The first-order valence-corrected chi connectivity index (χ1v) is 6.27. The van der Waals surface area contributed by atoms with E-state index in [1.807, 2.05) is 0 Å². The van der Waals surface area contributed by atoms with Crippen molar-refractivity contribution in [2.45, 2.75) is 12.5 Å². The lowest BCUT2D eigenvalue weighted by Crippen LogP contribution is -2.45. The topological polar surface area (TPSA) is 26.1 Å². The molecule has 1 radical (unpaired) electrons. The Labute approximate surface area is 102 Å². The van der Waals surface area contributed by atoms with Gasteiger partial charge in [-0.05, 0) is 22.8 Å².